The number of rotatable bonds is 18. The largest absolute Gasteiger partial charge is 0.390 e. The summed E-state index contributed by atoms with van der Waals surface area (Å²) in [5, 5.41) is 27.6. The summed E-state index contributed by atoms with van der Waals surface area (Å²) in [4.78, 5) is 29.8. The number of piperidine rings is 1. The summed E-state index contributed by atoms with van der Waals surface area (Å²) < 4.78 is 27.5. The number of aliphatic hydroxyl groups excluding tert-OH is 2. The molecule has 0 bridgehead atoms. The molecule has 1 heterocycles. The van der Waals surface area contributed by atoms with E-state index in [1.807, 2.05) is 30.3 Å². The van der Waals surface area contributed by atoms with Gasteiger partial charge >= 0.3 is 0 Å². The average Bonchev–Trinajstić information content (AvgIpc) is 3.93. The first-order chi connectivity index (χ1) is 22.6. The molecule has 1 aromatic carbocycles. The summed E-state index contributed by atoms with van der Waals surface area (Å²) in [5.74, 6) is 0.416. The molecule has 5 N–H and O–H groups in total. The number of quaternary nitrogens is 1. The quantitative estimate of drug-likeness (QED) is 0.148. The monoisotopic (exact) mass is 673 g/mol. The van der Waals surface area contributed by atoms with E-state index in [1.54, 1.807) is 7.05 Å². The molecule has 1 saturated heterocycles. The van der Waals surface area contributed by atoms with Crippen molar-refractivity contribution in [2.24, 2.45) is 17.8 Å². The van der Waals surface area contributed by atoms with Gasteiger partial charge in [-0.15, -0.1) is 12.3 Å². The number of amides is 2. The van der Waals surface area contributed by atoms with Gasteiger partial charge < -0.3 is 20.8 Å². The minimum atomic E-state index is -3.72. The van der Waals surface area contributed by atoms with E-state index in [2.05, 4.69) is 21.5 Å². The number of carbonyl (C=O) groups excluding carboxylic acids is 2. The molecule has 0 radical (unpaired) electrons. The average molecular weight is 674 g/mol. The molecular weight excluding hydrogens is 616 g/mol. The minimum Gasteiger partial charge on any atom is -0.390 e. The van der Waals surface area contributed by atoms with Crippen molar-refractivity contribution >= 4 is 21.8 Å². The Morgan fingerprint density at radius 2 is 1.64 bits per heavy atom. The van der Waals surface area contributed by atoms with Crippen LogP contribution in [0.3, 0.4) is 0 Å². The Labute approximate surface area is 282 Å². The van der Waals surface area contributed by atoms with Gasteiger partial charge in [-0.1, -0.05) is 68.9 Å². The van der Waals surface area contributed by atoms with Crippen molar-refractivity contribution < 1.29 is 32.5 Å². The van der Waals surface area contributed by atoms with Crippen LogP contribution in [0.4, 0.5) is 0 Å². The van der Waals surface area contributed by atoms with Crippen molar-refractivity contribution in [2.75, 3.05) is 39.0 Å². The zero-order valence-electron chi connectivity index (χ0n) is 28.1. The maximum absolute atomic E-state index is 13.9. The Balaban J connectivity index is 1.45. The number of nitrogens with zero attached hydrogens (tertiary/aromatic N) is 1. The van der Waals surface area contributed by atoms with Crippen LogP contribution in [0.1, 0.15) is 82.6 Å². The molecule has 1 aromatic rings. The van der Waals surface area contributed by atoms with Crippen LogP contribution in [0.5, 0.6) is 0 Å². The molecule has 4 rings (SSSR count). The van der Waals surface area contributed by atoms with Crippen LogP contribution in [0.2, 0.25) is 0 Å². The number of aliphatic hydroxyl groups is 2. The number of nitrogens with one attached hydrogen (secondary N) is 3. The van der Waals surface area contributed by atoms with E-state index in [0.29, 0.717) is 29.7 Å². The lowest BCUT2D eigenvalue weighted by atomic mass is 9.82. The molecule has 2 amide bonds. The third-order valence-electron chi connectivity index (χ3n) is 10.3. The summed E-state index contributed by atoms with van der Waals surface area (Å²) >= 11 is 0. The van der Waals surface area contributed by atoms with Gasteiger partial charge in [-0.3, -0.25) is 14.5 Å². The summed E-state index contributed by atoms with van der Waals surface area (Å²) in [6, 6.07) is 7.46. The fourth-order valence-corrected chi connectivity index (χ4v) is 8.59. The van der Waals surface area contributed by atoms with Gasteiger partial charge in [0.25, 0.3) is 10.0 Å². The van der Waals surface area contributed by atoms with Gasteiger partial charge in [-0.05, 0) is 69.0 Å². The fraction of sp³-hybridized carbons (Fsp3) is 0.722. The maximum Gasteiger partial charge on any atom is 0.296 e. The van der Waals surface area contributed by atoms with Gasteiger partial charge in [0.05, 0.1) is 25.1 Å². The highest BCUT2D eigenvalue weighted by Crippen LogP contribution is 2.36. The molecule has 11 heteroatoms. The van der Waals surface area contributed by atoms with Gasteiger partial charge in [0.15, 0.2) is 0 Å². The Kier molecular flexibility index (Phi) is 14.6. The molecule has 6 atom stereocenters. The molecule has 1 unspecified atom stereocenters. The van der Waals surface area contributed by atoms with Gasteiger partial charge in [0, 0.05) is 13.0 Å². The number of hydrogen-bond donors (Lipinski definition) is 5. The van der Waals surface area contributed by atoms with E-state index in [1.165, 1.54) is 12.8 Å². The molecule has 1 aliphatic heterocycles. The van der Waals surface area contributed by atoms with E-state index in [-0.39, 0.29) is 24.5 Å². The molecule has 0 aromatic heterocycles. The number of terminal acetylenes is 1. The number of likely N-dealkylation sites (N-methyl/N-ethyl adjacent to an activating group) is 1. The number of carbonyl (C=O) groups is 2. The number of sulfonamides is 1. The lowest BCUT2D eigenvalue weighted by molar-refractivity contribution is -0.742. The Morgan fingerprint density at radius 1 is 0.979 bits per heavy atom. The van der Waals surface area contributed by atoms with E-state index >= 15 is 0 Å². The van der Waals surface area contributed by atoms with Crippen molar-refractivity contribution in [3.8, 4) is 12.3 Å². The van der Waals surface area contributed by atoms with Crippen molar-refractivity contribution in [2.45, 2.75) is 108 Å². The second kappa shape index (κ2) is 18.3. The Morgan fingerprint density at radius 3 is 2.28 bits per heavy atom. The number of benzene rings is 1. The smallest absolute Gasteiger partial charge is 0.296 e. The van der Waals surface area contributed by atoms with Crippen LogP contribution in [0, 0.1) is 30.1 Å². The Bertz CT molecular complexity index is 1270. The van der Waals surface area contributed by atoms with E-state index < -0.39 is 52.0 Å². The fourth-order valence-electron chi connectivity index (χ4n) is 7.11. The van der Waals surface area contributed by atoms with Crippen LogP contribution in [0.25, 0.3) is 0 Å². The lowest BCUT2D eigenvalue weighted by Crippen LogP contribution is -3.12. The molecule has 3 aliphatic rings. The molecular formula is C36H57N4O6S+. The first-order valence-corrected chi connectivity index (χ1v) is 19.4. The number of likely N-dealkylation sites (tertiary alicyclic amines) is 1. The zero-order valence-corrected chi connectivity index (χ0v) is 28.9. The SMILES string of the molecule is C#CC[C@H](NC(=O)[C@H](Cc1ccccc1)CS(=O)(=O)[NH+](C)CCN1CCCCC1)C(=O)N[C@@H](CC1CCCCC1)[C@@H](O)[C@@H](O)C1CC1. The third-order valence-corrected chi connectivity index (χ3v) is 12.4. The van der Waals surface area contributed by atoms with Crippen LogP contribution in [-0.2, 0) is 26.0 Å². The van der Waals surface area contributed by atoms with E-state index in [0.717, 1.165) is 70.0 Å². The molecule has 2 aliphatic carbocycles. The highest BCUT2D eigenvalue weighted by molar-refractivity contribution is 7.85. The van der Waals surface area contributed by atoms with Crippen LogP contribution in [-0.4, -0.2) is 98.6 Å². The van der Waals surface area contributed by atoms with Gasteiger partial charge in [0.2, 0.25) is 11.8 Å². The van der Waals surface area contributed by atoms with Crippen molar-refractivity contribution in [3.63, 3.8) is 0 Å². The second-order valence-corrected chi connectivity index (χ2v) is 16.4. The van der Waals surface area contributed by atoms with E-state index in [4.69, 9.17) is 6.42 Å². The number of hydrogen-bond acceptors (Lipinski definition) is 7. The topological polar surface area (TPSA) is 140 Å². The van der Waals surface area contributed by atoms with Gasteiger partial charge in [0.1, 0.15) is 24.4 Å². The lowest BCUT2D eigenvalue weighted by Gasteiger charge is -2.33. The van der Waals surface area contributed by atoms with Gasteiger partial charge in [-0.25, -0.2) is 4.31 Å². The maximum atomic E-state index is 13.9. The first kappa shape index (κ1) is 37.3. The van der Waals surface area contributed by atoms with Gasteiger partial charge in [-0.2, -0.15) is 8.42 Å². The standard InChI is InChI=1S/C36H56N4O6S/c1-3-13-31(36(44)38-32(25-28-16-9-5-10-17-28)34(42)33(41)29-18-19-29)37-35(43)30(24-27-14-7-4-8-15-27)26-47(45,46)39(2)22-23-40-20-11-6-12-21-40/h1,4,7-8,14-15,28-34,41-42H,5-6,9-13,16-26H2,2H3,(H,37,43)(H,38,44)/p+1/t30-,31+,32+,33+,34-/m1/s1. The predicted molar refractivity (Wildman–Crippen MR) is 183 cm³/mol. The van der Waals surface area contributed by atoms with Crippen LogP contribution < -0.4 is 14.9 Å². The summed E-state index contributed by atoms with van der Waals surface area (Å²) in [5.41, 5.74) is 0.816. The van der Waals surface area contributed by atoms with Crippen molar-refractivity contribution in [1.29, 1.82) is 0 Å². The molecule has 10 nitrogen and oxygen atoms in total. The van der Waals surface area contributed by atoms with Crippen LogP contribution >= 0.6 is 0 Å². The van der Waals surface area contributed by atoms with Crippen molar-refractivity contribution in [1.82, 2.24) is 15.5 Å². The molecule has 0 spiro atoms. The third kappa shape index (κ3) is 11.9. The van der Waals surface area contributed by atoms with Crippen LogP contribution in [0.15, 0.2) is 30.3 Å². The minimum absolute atomic E-state index is 0.0257. The normalized spacial score (nSPS) is 21.8. The molecule has 2 saturated carbocycles. The molecule has 3 fully saturated rings. The predicted octanol–water partition coefficient (Wildman–Crippen LogP) is 1.27. The highest BCUT2D eigenvalue weighted by atomic mass is 32.2. The summed E-state index contributed by atoms with van der Waals surface area (Å²) in [6.07, 6.45) is 14.7. The van der Waals surface area contributed by atoms with Crippen molar-refractivity contribution in [3.05, 3.63) is 35.9 Å². The Hall–Kier alpha value is -2.49. The summed E-state index contributed by atoms with van der Waals surface area (Å²) in [6.45, 7) is 3.04. The van der Waals surface area contributed by atoms with E-state index in [9.17, 15) is 28.2 Å². The first-order valence-electron chi connectivity index (χ1n) is 17.8. The molecule has 47 heavy (non-hydrogen) atoms. The zero-order chi connectivity index (χ0) is 33.8. The summed E-state index contributed by atoms with van der Waals surface area (Å²) in [7, 11) is -2.09. The highest BCUT2D eigenvalue weighted by Gasteiger charge is 2.40. The molecule has 262 valence electrons. The second-order valence-electron chi connectivity index (χ2n) is 14.2.